The second-order valence-corrected chi connectivity index (χ2v) is 6.03. The largest absolute Gasteiger partial charge is 0.493 e. The second-order valence-electron chi connectivity index (χ2n) is 6.03. The number of hydrogen-bond acceptors (Lipinski definition) is 6. The lowest BCUT2D eigenvalue weighted by Crippen LogP contribution is -2.30. The maximum atomic E-state index is 12.2. The van der Waals surface area contributed by atoms with E-state index in [2.05, 4.69) is 10.4 Å². The van der Waals surface area contributed by atoms with Crippen LogP contribution >= 0.6 is 0 Å². The van der Waals surface area contributed by atoms with Gasteiger partial charge in [0.1, 0.15) is 0 Å². The number of benzene rings is 1. The summed E-state index contributed by atoms with van der Waals surface area (Å²) < 4.78 is 17.1. The predicted molar refractivity (Wildman–Crippen MR) is 99.1 cm³/mol. The van der Waals surface area contributed by atoms with Gasteiger partial charge in [0.25, 0.3) is 5.91 Å². The highest BCUT2D eigenvalue weighted by molar-refractivity contribution is 5.92. The quantitative estimate of drug-likeness (QED) is 0.504. The molecule has 1 aromatic heterocycles. The fourth-order valence-corrected chi connectivity index (χ4v) is 2.23. The van der Waals surface area contributed by atoms with Gasteiger partial charge in [-0.15, -0.1) is 0 Å². The van der Waals surface area contributed by atoms with E-state index in [4.69, 9.17) is 14.2 Å². The third-order valence-electron chi connectivity index (χ3n) is 3.54. The molecule has 1 N–H and O–H groups in total. The van der Waals surface area contributed by atoms with Gasteiger partial charge in [-0.25, -0.2) is 9.48 Å². The summed E-state index contributed by atoms with van der Waals surface area (Å²) in [4.78, 5) is 24.0. The number of carbonyl (C=O) groups is 2. The van der Waals surface area contributed by atoms with Crippen LogP contribution in [-0.4, -0.2) is 54.6 Å². The molecule has 8 heteroatoms. The van der Waals surface area contributed by atoms with Gasteiger partial charge in [0.15, 0.2) is 12.4 Å². The molecule has 2 aromatic rings. The van der Waals surface area contributed by atoms with Crippen molar-refractivity contribution in [3.63, 3.8) is 0 Å². The molecule has 0 saturated carbocycles. The Morgan fingerprint density at radius 2 is 1.96 bits per heavy atom. The Morgan fingerprint density at radius 1 is 1.22 bits per heavy atom. The minimum absolute atomic E-state index is 0.0134. The molecule has 8 nitrogen and oxygen atoms in total. The molecule has 0 aliphatic carbocycles. The maximum Gasteiger partial charge on any atom is 0.363 e. The van der Waals surface area contributed by atoms with E-state index in [1.54, 1.807) is 6.20 Å². The van der Waals surface area contributed by atoms with Crippen molar-refractivity contribution >= 4 is 11.9 Å². The third kappa shape index (κ3) is 6.41. The first-order chi connectivity index (χ1) is 13.0. The Morgan fingerprint density at radius 3 is 2.63 bits per heavy atom. The summed E-state index contributed by atoms with van der Waals surface area (Å²) in [5.41, 5.74) is 0.788. The summed E-state index contributed by atoms with van der Waals surface area (Å²) in [6.07, 6.45) is 2.43. The molecule has 0 spiro atoms. The van der Waals surface area contributed by atoms with Crippen LogP contribution in [0.2, 0.25) is 0 Å². The minimum atomic E-state index is -0.722. The van der Waals surface area contributed by atoms with Gasteiger partial charge in [-0.05, 0) is 32.4 Å². The topological polar surface area (TPSA) is 91.7 Å². The lowest BCUT2D eigenvalue weighted by molar-refractivity contribution is -0.124. The van der Waals surface area contributed by atoms with Gasteiger partial charge in [-0.3, -0.25) is 4.79 Å². The van der Waals surface area contributed by atoms with E-state index in [1.807, 2.05) is 44.2 Å². The van der Waals surface area contributed by atoms with Crippen LogP contribution < -0.4 is 10.1 Å². The van der Waals surface area contributed by atoms with Crippen molar-refractivity contribution < 1.29 is 23.8 Å². The number of nitrogens with zero attached hydrogens (tertiary/aromatic N) is 2. The number of methoxy groups -OCH3 is 1. The normalized spacial score (nSPS) is 10.7. The summed E-state index contributed by atoms with van der Waals surface area (Å²) in [7, 11) is 1.44. The molecule has 1 aromatic carbocycles. The number of esters is 1. The first-order valence-corrected chi connectivity index (χ1v) is 8.75. The summed E-state index contributed by atoms with van der Waals surface area (Å²) in [5, 5.41) is 6.87. The van der Waals surface area contributed by atoms with Crippen LogP contribution in [0, 0.1) is 0 Å². The zero-order valence-electron chi connectivity index (χ0n) is 15.8. The Hall–Kier alpha value is -2.87. The lowest BCUT2D eigenvalue weighted by Gasteiger charge is -2.08. The van der Waals surface area contributed by atoms with Crippen molar-refractivity contribution in [1.82, 2.24) is 15.1 Å². The first kappa shape index (κ1) is 20.4. The van der Waals surface area contributed by atoms with E-state index in [9.17, 15) is 9.59 Å². The SMILES string of the molecule is COc1cn(-c2ccccc2)nc1C(=O)OCC(=O)NCCCOC(C)C. The third-order valence-corrected chi connectivity index (χ3v) is 3.54. The average Bonchev–Trinajstić information content (AvgIpc) is 3.11. The molecule has 0 aliphatic heterocycles. The van der Waals surface area contributed by atoms with Crippen molar-refractivity contribution in [3.8, 4) is 11.4 Å². The molecule has 0 aliphatic rings. The van der Waals surface area contributed by atoms with Crippen LogP contribution in [0.4, 0.5) is 0 Å². The molecule has 0 saturated heterocycles. The van der Waals surface area contributed by atoms with E-state index in [0.29, 0.717) is 19.6 Å². The van der Waals surface area contributed by atoms with Gasteiger partial charge >= 0.3 is 5.97 Å². The highest BCUT2D eigenvalue weighted by atomic mass is 16.5. The van der Waals surface area contributed by atoms with Crippen LogP contribution in [0.5, 0.6) is 5.75 Å². The number of carbonyl (C=O) groups excluding carboxylic acids is 2. The Bertz CT molecular complexity index is 743. The first-order valence-electron chi connectivity index (χ1n) is 8.75. The number of rotatable bonds is 10. The molecule has 0 bridgehead atoms. The van der Waals surface area contributed by atoms with Gasteiger partial charge in [0.2, 0.25) is 5.69 Å². The molecular formula is C19H25N3O5. The fourth-order valence-electron chi connectivity index (χ4n) is 2.23. The summed E-state index contributed by atoms with van der Waals surface area (Å²) in [6, 6.07) is 9.29. The van der Waals surface area contributed by atoms with Gasteiger partial charge < -0.3 is 19.5 Å². The number of aromatic nitrogens is 2. The molecule has 2 rings (SSSR count). The molecule has 27 heavy (non-hydrogen) atoms. The van der Waals surface area contributed by atoms with Crippen LogP contribution in [0.1, 0.15) is 30.8 Å². The fraction of sp³-hybridized carbons (Fsp3) is 0.421. The molecule has 0 radical (unpaired) electrons. The van der Waals surface area contributed by atoms with Crippen LogP contribution in [-0.2, 0) is 14.3 Å². The smallest absolute Gasteiger partial charge is 0.363 e. The number of para-hydroxylation sites is 1. The van der Waals surface area contributed by atoms with Crippen LogP contribution in [0.25, 0.3) is 5.69 Å². The van der Waals surface area contributed by atoms with Gasteiger partial charge in [-0.1, -0.05) is 18.2 Å². The molecule has 1 heterocycles. The predicted octanol–water partition coefficient (Wildman–Crippen LogP) is 1.97. The molecule has 0 unspecified atom stereocenters. The zero-order valence-corrected chi connectivity index (χ0v) is 15.8. The van der Waals surface area contributed by atoms with Crippen molar-refractivity contribution in [3.05, 3.63) is 42.2 Å². The number of ether oxygens (including phenoxy) is 3. The van der Waals surface area contributed by atoms with Crippen LogP contribution in [0.3, 0.4) is 0 Å². The Balaban J connectivity index is 1.85. The van der Waals surface area contributed by atoms with Crippen molar-refractivity contribution in [2.75, 3.05) is 26.9 Å². The summed E-state index contributed by atoms with van der Waals surface area (Å²) in [6.45, 7) is 4.53. The monoisotopic (exact) mass is 375 g/mol. The zero-order chi connectivity index (χ0) is 19.6. The Kier molecular flexibility index (Phi) is 7.81. The highest BCUT2D eigenvalue weighted by Crippen LogP contribution is 2.20. The molecule has 1 amide bonds. The van der Waals surface area contributed by atoms with E-state index >= 15 is 0 Å². The van der Waals surface area contributed by atoms with Crippen molar-refractivity contribution in [2.45, 2.75) is 26.4 Å². The Labute approximate surface area is 158 Å². The van der Waals surface area contributed by atoms with E-state index in [-0.39, 0.29) is 30.1 Å². The van der Waals surface area contributed by atoms with Crippen LogP contribution in [0.15, 0.2) is 36.5 Å². The van der Waals surface area contributed by atoms with Crippen molar-refractivity contribution in [2.24, 2.45) is 0 Å². The molecule has 146 valence electrons. The van der Waals surface area contributed by atoms with E-state index in [1.165, 1.54) is 11.8 Å². The van der Waals surface area contributed by atoms with Gasteiger partial charge in [0.05, 0.1) is 25.1 Å². The minimum Gasteiger partial charge on any atom is -0.493 e. The lowest BCUT2D eigenvalue weighted by atomic mass is 10.3. The average molecular weight is 375 g/mol. The number of nitrogens with one attached hydrogen (secondary N) is 1. The summed E-state index contributed by atoms with van der Waals surface area (Å²) >= 11 is 0. The van der Waals surface area contributed by atoms with Gasteiger partial charge in [0, 0.05) is 13.2 Å². The summed E-state index contributed by atoms with van der Waals surface area (Å²) in [5.74, 6) is -0.829. The van der Waals surface area contributed by atoms with Crippen molar-refractivity contribution in [1.29, 1.82) is 0 Å². The molecule has 0 atom stereocenters. The molecule has 0 fully saturated rings. The van der Waals surface area contributed by atoms with Gasteiger partial charge in [-0.2, -0.15) is 5.10 Å². The molecular weight excluding hydrogens is 350 g/mol. The number of amides is 1. The standard InChI is InChI=1S/C19H25N3O5/c1-14(2)26-11-7-10-20-17(23)13-27-19(24)18-16(25-3)12-22(21-18)15-8-5-4-6-9-15/h4-6,8-9,12,14H,7,10-11,13H2,1-3H3,(H,20,23). The van der Waals surface area contributed by atoms with E-state index in [0.717, 1.165) is 5.69 Å². The second kappa shape index (κ2) is 10.3. The number of hydrogen-bond donors (Lipinski definition) is 1. The van der Waals surface area contributed by atoms with E-state index < -0.39 is 5.97 Å². The maximum absolute atomic E-state index is 12.2. The highest BCUT2D eigenvalue weighted by Gasteiger charge is 2.20.